The van der Waals surface area contributed by atoms with Crippen molar-refractivity contribution in [3.8, 4) is 0 Å². The molecule has 33 heavy (non-hydrogen) atoms. The van der Waals surface area contributed by atoms with Crippen LogP contribution in [0, 0.1) is 0 Å². The first-order valence-electron chi connectivity index (χ1n) is 11.3. The second kappa shape index (κ2) is 8.34. The molecule has 11 nitrogen and oxygen atoms in total. The van der Waals surface area contributed by atoms with Crippen LogP contribution in [0.25, 0.3) is 0 Å². The van der Waals surface area contributed by atoms with Crippen molar-refractivity contribution in [1.29, 1.82) is 0 Å². The van der Waals surface area contributed by atoms with Gasteiger partial charge in [-0.15, -0.1) is 0 Å². The summed E-state index contributed by atoms with van der Waals surface area (Å²) in [5.74, 6) is 2.50. The van der Waals surface area contributed by atoms with Crippen molar-refractivity contribution >= 4 is 40.2 Å². The monoisotopic (exact) mass is 467 g/mol. The van der Waals surface area contributed by atoms with Gasteiger partial charge < -0.3 is 15.0 Å². The number of carbonyl (C=O) groups excluding carboxylic acids is 1. The maximum absolute atomic E-state index is 13.1. The number of aromatic nitrogens is 6. The number of methoxy groups -OCH3 is 1. The number of amides is 1. The summed E-state index contributed by atoms with van der Waals surface area (Å²) in [7, 11) is 1.67. The van der Waals surface area contributed by atoms with E-state index in [0.717, 1.165) is 53.7 Å². The number of ether oxygens (including phenoxy) is 1. The van der Waals surface area contributed by atoms with Crippen LogP contribution in [0.4, 0.5) is 22.7 Å². The molecule has 1 saturated heterocycles. The fourth-order valence-corrected chi connectivity index (χ4v) is 5.07. The maximum atomic E-state index is 13.1. The SMILES string of the molecule is CO[C@H]1C[C@@H](C(=O)Nc2ncns2)N(c2nc3c(c(Nc4cc(C5CC5)[nH]n4)n2)CCC3)C1. The Morgan fingerprint density at radius 2 is 2.21 bits per heavy atom. The Morgan fingerprint density at radius 3 is 3.00 bits per heavy atom. The highest BCUT2D eigenvalue weighted by Gasteiger charge is 2.39. The Morgan fingerprint density at radius 1 is 1.30 bits per heavy atom. The normalized spacial score (nSPS) is 21.9. The Kier molecular flexibility index (Phi) is 5.18. The lowest BCUT2D eigenvalue weighted by Crippen LogP contribution is -2.40. The molecule has 0 bridgehead atoms. The van der Waals surface area contributed by atoms with Crippen LogP contribution in [0.2, 0.25) is 0 Å². The van der Waals surface area contributed by atoms with E-state index in [1.807, 2.05) is 4.90 Å². The van der Waals surface area contributed by atoms with Gasteiger partial charge >= 0.3 is 0 Å². The highest BCUT2D eigenvalue weighted by Crippen LogP contribution is 2.40. The molecule has 0 radical (unpaired) electrons. The maximum Gasteiger partial charge on any atom is 0.249 e. The molecule has 1 saturated carbocycles. The van der Waals surface area contributed by atoms with Crippen molar-refractivity contribution in [3.05, 3.63) is 29.3 Å². The van der Waals surface area contributed by atoms with Crippen LogP contribution in [0.15, 0.2) is 12.4 Å². The van der Waals surface area contributed by atoms with E-state index in [1.165, 1.54) is 24.9 Å². The molecule has 3 aromatic heterocycles. The predicted molar refractivity (Wildman–Crippen MR) is 123 cm³/mol. The van der Waals surface area contributed by atoms with Crippen molar-refractivity contribution in [2.45, 2.75) is 56.6 Å². The zero-order valence-corrected chi connectivity index (χ0v) is 19.1. The number of carbonyl (C=O) groups is 1. The molecular formula is C21H25N9O2S. The van der Waals surface area contributed by atoms with Gasteiger partial charge in [0.05, 0.1) is 11.8 Å². The summed E-state index contributed by atoms with van der Waals surface area (Å²) in [5, 5.41) is 14.3. The number of fused-ring (bicyclic) bond motifs is 1. The number of aryl methyl sites for hydroxylation is 1. The summed E-state index contributed by atoms with van der Waals surface area (Å²) in [6.07, 6.45) is 7.18. The summed E-state index contributed by atoms with van der Waals surface area (Å²) >= 11 is 1.15. The fourth-order valence-electron chi connectivity index (χ4n) is 4.63. The number of hydrogen-bond donors (Lipinski definition) is 3. The van der Waals surface area contributed by atoms with Crippen LogP contribution in [-0.2, 0) is 22.4 Å². The highest BCUT2D eigenvalue weighted by atomic mass is 32.1. The van der Waals surface area contributed by atoms with Crippen molar-refractivity contribution in [3.63, 3.8) is 0 Å². The van der Waals surface area contributed by atoms with E-state index < -0.39 is 6.04 Å². The van der Waals surface area contributed by atoms with Crippen LogP contribution in [0.5, 0.6) is 0 Å². The van der Waals surface area contributed by atoms with Gasteiger partial charge in [-0.3, -0.25) is 15.2 Å². The van der Waals surface area contributed by atoms with Crippen LogP contribution >= 0.6 is 11.5 Å². The molecule has 12 heteroatoms. The van der Waals surface area contributed by atoms with Crippen LogP contribution < -0.4 is 15.5 Å². The number of H-pyrrole nitrogens is 1. The Bertz CT molecular complexity index is 1160. The average molecular weight is 468 g/mol. The summed E-state index contributed by atoms with van der Waals surface area (Å²) < 4.78 is 9.55. The lowest BCUT2D eigenvalue weighted by atomic mass is 10.2. The van der Waals surface area contributed by atoms with E-state index in [9.17, 15) is 4.79 Å². The Labute approximate surface area is 194 Å². The van der Waals surface area contributed by atoms with Crippen LogP contribution in [0.1, 0.15) is 48.6 Å². The molecule has 1 amide bonds. The molecule has 2 aliphatic carbocycles. The fraction of sp³-hybridized carbons (Fsp3) is 0.524. The van der Waals surface area contributed by atoms with Crippen molar-refractivity contribution < 1.29 is 9.53 Å². The molecule has 0 aromatic carbocycles. The Hall–Kier alpha value is -3.12. The summed E-state index contributed by atoms with van der Waals surface area (Å²) in [6.45, 7) is 0.539. The van der Waals surface area contributed by atoms with Gasteiger partial charge in [0.25, 0.3) is 0 Å². The van der Waals surface area contributed by atoms with E-state index in [4.69, 9.17) is 14.7 Å². The van der Waals surface area contributed by atoms with Gasteiger partial charge in [-0.05, 0) is 32.1 Å². The topological polar surface area (TPSA) is 134 Å². The van der Waals surface area contributed by atoms with E-state index in [0.29, 0.717) is 30.0 Å². The van der Waals surface area contributed by atoms with E-state index in [1.54, 1.807) is 7.11 Å². The van der Waals surface area contributed by atoms with Gasteiger partial charge in [0.2, 0.25) is 17.0 Å². The van der Waals surface area contributed by atoms with Gasteiger partial charge in [-0.1, -0.05) is 0 Å². The molecule has 0 unspecified atom stereocenters. The van der Waals surface area contributed by atoms with E-state index in [-0.39, 0.29) is 12.0 Å². The zero-order chi connectivity index (χ0) is 22.4. The number of nitrogens with one attached hydrogen (secondary N) is 3. The second-order valence-electron chi connectivity index (χ2n) is 8.76. The summed E-state index contributed by atoms with van der Waals surface area (Å²) in [6, 6.07) is 1.61. The minimum atomic E-state index is -0.460. The molecule has 4 heterocycles. The number of nitrogens with zero attached hydrogens (tertiary/aromatic N) is 6. The quantitative estimate of drug-likeness (QED) is 0.479. The van der Waals surface area contributed by atoms with Gasteiger partial charge in [0, 0.05) is 54.8 Å². The minimum absolute atomic E-state index is 0.0872. The standard InChI is InChI=1S/C21H25N9O2S/c1-32-12-7-16(19(31)27-21-22-10-23-33-21)30(9-12)20-24-14-4-2-3-13(14)18(26-20)25-17-8-15(28-29-17)11-5-6-11/h8,10-12,16H,2-7,9H2,1H3,(H,22,23,27,31)(H2,24,25,26,28,29)/t12-,16-/m0/s1. The third-order valence-electron chi connectivity index (χ3n) is 6.53. The highest BCUT2D eigenvalue weighted by molar-refractivity contribution is 7.09. The average Bonchev–Trinajstić information content (AvgIpc) is 3.28. The third kappa shape index (κ3) is 4.04. The largest absolute Gasteiger partial charge is 0.380 e. The summed E-state index contributed by atoms with van der Waals surface area (Å²) in [4.78, 5) is 28.8. The second-order valence-corrected chi connectivity index (χ2v) is 9.54. The lowest BCUT2D eigenvalue weighted by Gasteiger charge is -2.24. The molecule has 3 aliphatic rings. The summed E-state index contributed by atoms with van der Waals surface area (Å²) in [5.41, 5.74) is 3.33. The molecule has 1 aliphatic heterocycles. The van der Waals surface area contributed by atoms with E-state index in [2.05, 4.69) is 36.3 Å². The smallest absolute Gasteiger partial charge is 0.249 e. The van der Waals surface area contributed by atoms with Crippen LogP contribution in [0.3, 0.4) is 0 Å². The molecule has 172 valence electrons. The molecule has 6 rings (SSSR count). The van der Waals surface area contributed by atoms with Crippen LogP contribution in [-0.4, -0.2) is 61.2 Å². The Balaban J connectivity index is 1.30. The molecule has 3 aromatic rings. The predicted octanol–water partition coefficient (Wildman–Crippen LogP) is 2.39. The van der Waals surface area contributed by atoms with Gasteiger partial charge in [-0.2, -0.15) is 14.5 Å². The lowest BCUT2D eigenvalue weighted by molar-refractivity contribution is -0.117. The van der Waals surface area contributed by atoms with E-state index >= 15 is 0 Å². The van der Waals surface area contributed by atoms with Gasteiger partial charge in [0.15, 0.2) is 5.82 Å². The number of hydrogen-bond acceptors (Lipinski definition) is 10. The van der Waals surface area contributed by atoms with Crippen molar-refractivity contribution in [1.82, 2.24) is 29.5 Å². The van der Waals surface area contributed by atoms with Crippen molar-refractivity contribution in [2.24, 2.45) is 0 Å². The first-order valence-corrected chi connectivity index (χ1v) is 12.0. The molecule has 2 atom stereocenters. The number of anilines is 4. The first kappa shape index (κ1) is 20.5. The number of aromatic amines is 1. The third-order valence-corrected chi connectivity index (χ3v) is 7.11. The minimum Gasteiger partial charge on any atom is -0.380 e. The zero-order valence-electron chi connectivity index (χ0n) is 18.2. The molecular weight excluding hydrogens is 442 g/mol. The van der Waals surface area contributed by atoms with Gasteiger partial charge in [0.1, 0.15) is 18.2 Å². The molecule has 0 spiro atoms. The molecule has 3 N–H and O–H groups in total. The van der Waals surface area contributed by atoms with Crippen molar-refractivity contribution in [2.75, 3.05) is 29.2 Å². The first-order chi connectivity index (χ1) is 16.2. The number of rotatable bonds is 7. The molecule has 2 fully saturated rings. The van der Waals surface area contributed by atoms with Gasteiger partial charge in [-0.25, -0.2) is 9.97 Å².